The number of benzene rings is 1. The molecule has 1 N–H and O–H groups in total. The molecule has 3 heterocycles. The first-order valence-corrected chi connectivity index (χ1v) is 9.79. The molecule has 1 amide bonds. The number of hydrogen-bond acceptors (Lipinski definition) is 3. The third-order valence-corrected chi connectivity index (χ3v) is 5.83. The molecule has 2 aliphatic rings. The van der Waals surface area contributed by atoms with Crippen molar-refractivity contribution >= 4 is 5.91 Å². The summed E-state index contributed by atoms with van der Waals surface area (Å²) >= 11 is 0. The zero-order valence-corrected chi connectivity index (χ0v) is 15.8. The van der Waals surface area contributed by atoms with E-state index in [0.29, 0.717) is 17.8 Å². The summed E-state index contributed by atoms with van der Waals surface area (Å²) in [6.07, 6.45) is 7.93. The summed E-state index contributed by atoms with van der Waals surface area (Å²) in [5.41, 5.74) is 3.60. The predicted molar refractivity (Wildman–Crippen MR) is 102 cm³/mol. The lowest BCUT2D eigenvalue weighted by Gasteiger charge is -2.24. The Kier molecular flexibility index (Phi) is 4.03. The van der Waals surface area contributed by atoms with Gasteiger partial charge in [0.1, 0.15) is 17.3 Å². The number of hydrogen-bond donors (Lipinski definition) is 1. The monoisotopic (exact) mass is 379 g/mol. The van der Waals surface area contributed by atoms with E-state index in [-0.39, 0.29) is 17.8 Å². The van der Waals surface area contributed by atoms with Crippen LogP contribution in [0.2, 0.25) is 0 Å². The molecule has 144 valence electrons. The molecule has 1 aliphatic heterocycles. The lowest BCUT2D eigenvalue weighted by molar-refractivity contribution is 0.0924. The van der Waals surface area contributed by atoms with Crippen molar-refractivity contribution < 1.29 is 9.18 Å². The first kappa shape index (κ1) is 17.2. The second-order valence-corrected chi connectivity index (χ2v) is 7.64. The Morgan fingerprint density at radius 3 is 3.07 bits per heavy atom. The van der Waals surface area contributed by atoms with Crippen LogP contribution >= 0.6 is 0 Å². The average molecular weight is 379 g/mol. The first-order valence-electron chi connectivity index (χ1n) is 9.79. The van der Waals surface area contributed by atoms with Crippen molar-refractivity contribution in [3.8, 4) is 5.69 Å². The van der Waals surface area contributed by atoms with Crippen LogP contribution in [0.4, 0.5) is 4.39 Å². The predicted octanol–water partition coefficient (Wildman–Crippen LogP) is 2.75. The molecule has 3 aromatic rings. The van der Waals surface area contributed by atoms with E-state index >= 15 is 0 Å². The number of imidazole rings is 1. The van der Waals surface area contributed by atoms with E-state index in [0.717, 1.165) is 54.9 Å². The zero-order chi connectivity index (χ0) is 19.3. The van der Waals surface area contributed by atoms with Gasteiger partial charge in [0.2, 0.25) is 0 Å². The van der Waals surface area contributed by atoms with Gasteiger partial charge in [-0.1, -0.05) is 12.1 Å². The molecular weight excluding hydrogens is 357 g/mol. The maximum absolute atomic E-state index is 14.5. The van der Waals surface area contributed by atoms with Gasteiger partial charge in [-0.25, -0.2) is 14.1 Å². The number of amides is 1. The number of nitrogens with one attached hydrogen (secondary N) is 1. The van der Waals surface area contributed by atoms with Crippen LogP contribution in [0.25, 0.3) is 5.69 Å². The van der Waals surface area contributed by atoms with E-state index in [2.05, 4.69) is 20.0 Å². The molecule has 2 aromatic heterocycles. The third kappa shape index (κ3) is 2.73. The second kappa shape index (κ2) is 6.58. The summed E-state index contributed by atoms with van der Waals surface area (Å²) in [6.45, 7) is 2.71. The highest BCUT2D eigenvalue weighted by atomic mass is 19.1. The van der Waals surface area contributed by atoms with Crippen molar-refractivity contribution in [2.24, 2.45) is 0 Å². The molecule has 5 rings (SSSR count). The van der Waals surface area contributed by atoms with Gasteiger partial charge in [-0.05, 0) is 44.2 Å². The van der Waals surface area contributed by atoms with Crippen LogP contribution in [0.5, 0.6) is 0 Å². The van der Waals surface area contributed by atoms with Crippen LogP contribution in [0.1, 0.15) is 46.0 Å². The number of carbonyl (C=O) groups is 1. The SMILES string of the molecule is Cc1cccc(F)c1-n1nc(C(=O)NC2CCn3ccnc3C2)c2c1CCC2. The van der Waals surface area contributed by atoms with Crippen LogP contribution in [0, 0.1) is 12.7 Å². The quantitative estimate of drug-likeness (QED) is 0.761. The summed E-state index contributed by atoms with van der Waals surface area (Å²) in [6, 6.07) is 5.04. The number of nitrogens with zero attached hydrogens (tertiary/aromatic N) is 4. The largest absolute Gasteiger partial charge is 0.347 e. The molecule has 0 fully saturated rings. The number of para-hydroxylation sites is 1. The molecule has 7 heteroatoms. The van der Waals surface area contributed by atoms with Crippen molar-refractivity contribution in [1.82, 2.24) is 24.6 Å². The van der Waals surface area contributed by atoms with Gasteiger partial charge < -0.3 is 9.88 Å². The molecule has 1 unspecified atom stereocenters. The molecule has 1 aliphatic carbocycles. The number of carbonyl (C=O) groups excluding carboxylic acids is 1. The number of rotatable bonds is 3. The molecule has 0 saturated heterocycles. The third-order valence-electron chi connectivity index (χ3n) is 5.83. The Bertz CT molecular complexity index is 1050. The Morgan fingerprint density at radius 1 is 1.32 bits per heavy atom. The van der Waals surface area contributed by atoms with E-state index in [1.54, 1.807) is 16.9 Å². The number of aryl methyl sites for hydroxylation is 2. The highest BCUT2D eigenvalue weighted by Crippen LogP contribution is 2.30. The maximum atomic E-state index is 14.5. The van der Waals surface area contributed by atoms with Gasteiger partial charge in [-0.3, -0.25) is 4.79 Å². The zero-order valence-electron chi connectivity index (χ0n) is 15.8. The van der Waals surface area contributed by atoms with Gasteiger partial charge in [0, 0.05) is 42.7 Å². The van der Waals surface area contributed by atoms with Gasteiger partial charge in [0.15, 0.2) is 5.69 Å². The summed E-state index contributed by atoms with van der Waals surface area (Å²) in [4.78, 5) is 17.4. The van der Waals surface area contributed by atoms with Crippen LogP contribution in [0.15, 0.2) is 30.6 Å². The normalized spacial score (nSPS) is 18.0. The van der Waals surface area contributed by atoms with Crippen molar-refractivity contribution in [2.75, 3.05) is 0 Å². The Labute approximate surface area is 162 Å². The minimum Gasteiger partial charge on any atom is -0.347 e. The van der Waals surface area contributed by atoms with Crippen molar-refractivity contribution in [1.29, 1.82) is 0 Å². The molecule has 0 saturated carbocycles. The van der Waals surface area contributed by atoms with Crippen LogP contribution in [-0.4, -0.2) is 31.3 Å². The Hall–Kier alpha value is -2.96. The molecule has 0 radical (unpaired) electrons. The standard InChI is InChI=1S/C21H22FN5O/c1-13-4-2-6-16(22)20(13)27-17-7-3-5-15(17)19(25-27)21(28)24-14-8-10-26-11-9-23-18(26)12-14/h2,4,6,9,11,14H,3,5,7-8,10,12H2,1H3,(H,24,28). The fraction of sp³-hybridized carbons (Fsp3) is 0.381. The van der Waals surface area contributed by atoms with Gasteiger partial charge in [-0.15, -0.1) is 0 Å². The van der Waals surface area contributed by atoms with E-state index < -0.39 is 0 Å². The molecule has 0 bridgehead atoms. The van der Waals surface area contributed by atoms with E-state index in [1.165, 1.54) is 6.07 Å². The van der Waals surface area contributed by atoms with Crippen molar-refractivity contribution in [3.05, 3.63) is 64.7 Å². The summed E-state index contributed by atoms with van der Waals surface area (Å²) in [7, 11) is 0. The fourth-order valence-corrected chi connectivity index (χ4v) is 4.42. The van der Waals surface area contributed by atoms with Crippen molar-refractivity contribution in [2.45, 2.75) is 51.6 Å². The average Bonchev–Trinajstić information content (AvgIpc) is 3.38. The molecule has 1 atom stereocenters. The van der Waals surface area contributed by atoms with Gasteiger partial charge >= 0.3 is 0 Å². The number of aromatic nitrogens is 4. The molecule has 0 spiro atoms. The highest BCUT2D eigenvalue weighted by molar-refractivity contribution is 5.94. The maximum Gasteiger partial charge on any atom is 0.272 e. The molecule has 28 heavy (non-hydrogen) atoms. The smallest absolute Gasteiger partial charge is 0.272 e. The second-order valence-electron chi connectivity index (χ2n) is 7.64. The van der Waals surface area contributed by atoms with Crippen LogP contribution < -0.4 is 5.32 Å². The van der Waals surface area contributed by atoms with E-state index in [1.807, 2.05) is 19.2 Å². The van der Waals surface area contributed by atoms with Crippen LogP contribution in [-0.2, 0) is 25.8 Å². The topological polar surface area (TPSA) is 64.7 Å². The van der Waals surface area contributed by atoms with E-state index in [4.69, 9.17) is 0 Å². The first-order chi connectivity index (χ1) is 13.6. The lowest BCUT2D eigenvalue weighted by Crippen LogP contribution is -2.40. The van der Waals surface area contributed by atoms with E-state index in [9.17, 15) is 9.18 Å². The van der Waals surface area contributed by atoms with Gasteiger partial charge in [0.25, 0.3) is 5.91 Å². The summed E-state index contributed by atoms with van der Waals surface area (Å²) in [5, 5.41) is 7.69. The molecule has 1 aromatic carbocycles. The lowest BCUT2D eigenvalue weighted by atomic mass is 10.1. The Balaban J connectivity index is 1.46. The molecular formula is C21H22FN5O. The summed E-state index contributed by atoms with van der Waals surface area (Å²) < 4.78 is 18.3. The highest BCUT2D eigenvalue weighted by Gasteiger charge is 2.30. The number of halogens is 1. The molecule has 6 nitrogen and oxygen atoms in total. The minimum absolute atomic E-state index is 0.0415. The minimum atomic E-state index is -0.316. The fourth-order valence-electron chi connectivity index (χ4n) is 4.42. The number of fused-ring (bicyclic) bond motifs is 2. The van der Waals surface area contributed by atoms with Gasteiger partial charge in [0.05, 0.1) is 0 Å². The summed E-state index contributed by atoms with van der Waals surface area (Å²) in [5.74, 6) is 0.508. The van der Waals surface area contributed by atoms with Crippen LogP contribution in [0.3, 0.4) is 0 Å². The Morgan fingerprint density at radius 2 is 2.21 bits per heavy atom. The van der Waals surface area contributed by atoms with Gasteiger partial charge in [-0.2, -0.15) is 5.10 Å². The van der Waals surface area contributed by atoms with Crippen molar-refractivity contribution in [3.63, 3.8) is 0 Å².